The Bertz CT molecular complexity index is 268. The fraction of sp³-hybridized carbons (Fsp3) is 0.600. The molecule has 0 aliphatic rings. The van der Waals surface area contributed by atoms with Gasteiger partial charge in [-0.15, -0.1) is 0 Å². The molecular weight excluding hydrogens is 214 g/mol. The second-order valence-electron chi connectivity index (χ2n) is 3.38. The number of esters is 1. The Balaban J connectivity index is 3.53. The molecule has 0 aliphatic heterocycles. The van der Waals surface area contributed by atoms with E-state index in [4.69, 9.17) is 5.73 Å². The van der Waals surface area contributed by atoms with Gasteiger partial charge in [0.1, 0.15) is 18.0 Å². The van der Waals surface area contributed by atoms with E-state index in [9.17, 15) is 19.2 Å². The SMILES string of the molecule is CC(=O)CC(=O)OCCCC(=O)CC(N)=O. The maximum Gasteiger partial charge on any atom is 0.313 e. The summed E-state index contributed by atoms with van der Waals surface area (Å²) in [6, 6.07) is 0. The highest BCUT2D eigenvalue weighted by Gasteiger charge is 2.08. The second kappa shape index (κ2) is 7.56. The van der Waals surface area contributed by atoms with Crippen LogP contribution in [0.15, 0.2) is 0 Å². The minimum Gasteiger partial charge on any atom is -0.465 e. The van der Waals surface area contributed by atoms with Crippen LogP contribution in [0.5, 0.6) is 0 Å². The highest BCUT2D eigenvalue weighted by atomic mass is 16.5. The van der Waals surface area contributed by atoms with E-state index in [0.717, 1.165) is 0 Å². The van der Waals surface area contributed by atoms with Crippen LogP contribution < -0.4 is 5.73 Å². The van der Waals surface area contributed by atoms with Crippen molar-refractivity contribution in [2.45, 2.75) is 32.6 Å². The van der Waals surface area contributed by atoms with Crippen LogP contribution in [0.25, 0.3) is 0 Å². The maximum absolute atomic E-state index is 11.0. The molecule has 0 heterocycles. The Morgan fingerprint density at radius 3 is 2.25 bits per heavy atom. The normalized spacial score (nSPS) is 9.56. The molecule has 0 rings (SSSR count). The van der Waals surface area contributed by atoms with Gasteiger partial charge in [-0.2, -0.15) is 0 Å². The van der Waals surface area contributed by atoms with Crippen molar-refractivity contribution in [3.8, 4) is 0 Å². The molecular formula is C10H15NO5. The van der Waals surface area contributed by atoms with E-state index in [1.807, 2.05) is 0 Å². The smallest absolute Gasteiger partial charge is 0.313 e. The highest BCUT2D eigenvalue weighted by molar-refractivity contribution is 5.97. The molecule has 0 saturated heterocycles. The molecule has 0 fully saturated rings. The highest BCUT2D eigenvalue weighted by Crippen LogP contribution is 1.97. The second-order valence-corrected chi connectivity index (χ2v) is 3.38. The number of carbonyl (C=O) groups excluding carboxylic acids is 4. The summed E-state index contributed by atoms with van der Waals surface area (Å²) < 4.78 is 4.68. The summed E-state index contributed by atoms with van der Waals surface area (Å²) in [4.78, 5) is 42.7. The third kappa shape index (κ3) is 8.86. The molecule has 6 nitrogen and oxygen atoms in total. The Labute approximate surface area is 93.1 Å². The maximum atomic E-state index is 11.0. The molecule has 2 N–H and O–H groups in total. The number of rotatable bonds is 8. The molecule has 0 spiro atoms. The summed E-state index contributed by atoms with van der Waals surface area (Å²) in [7, 11) is 0. The van der Waals surface area contributed by atoms with Crippen molar-refractivity contribution in [2.24, 2.45) is 5.73 Å². The van der Waals surface area contributed by atoms with Gasteiger partial charge in [0.25, 0.3) is 0 Å². The summed E-state index contributed by atoms with van der Waals surface area (Å²) >= 11 is 0. The van der Waals surface area contributed by atoms with E-state index in [1.54, 1.807) is 0 Å². The van der Waals surface area contributed by atoms with Crippen LogP contribution in [0.2, 0.25) is 0 Å². The van der Waals surface area contributed by atoms with Crippen molar-refractivity contribution < 1.29 is 23.9 Å². The number of amides is 1. The molecule has 0 aromatic rings. The first-order chi connectivity index (χ1) is 7.41. The molecule has 0 aromatic carbocycles. The van der Waals surface area contributed by atoms with Gasteiger partial charge in [0, 0.05) is 6.42 Å². The fourth-order valence-corrected chi connectivity index (χ4v) is 0.992. The van der Waals surface area contributed by atoms with Crippen LogP contribution in [0.3, 0.4) is 0 Å². The van der Waals surface area contributed by atoms with E-state index in [1.165, 1.54) is 6.92 Å². The number of carbonyl (C=O) groups is 4. The summed E-state index contributed by atoms with van der Waals surface area (Å²) in [5.41, 5.74) is 4.82. The monoisotopic (exact) mass is 229 g/mol. The number of hydrogen-bond acceptors (Lipinski definition) is 5. The predicted octanol–water partition coefficient (Wildman–Crippen LogP) is -0.267. The molecule has 6 heteroatoms. The molecule has 90 valence electrons. The lowest BCUT2D eigenvalue weighted by Crippen LogP contribution is -2.16. The van der Waals surface area contributed by atoms with Gasteiger partial charge in [-0.1, -0.05) is 0 Å². The van der Waals surface area contributed by atoms with Crippen LogP contribution >= 0.6 is 0 Å². The first-order valence-electron chi connectivity index (χ1n) is 4.87. The Hall–Kier alpha value is -1.72. The molecule has 0 unspecified atom stereocenters. The van der Waals surface area contributed by atoms with E-state index in [2.05, 4.69) is 4.74 Å². The lowest BCUT2D eigenvalue weighted by molar-refractivity contribution is -0.146. The lowest BCUT2D eigenvalue weighted by atomic mass is 10.2. The predicted molar refractivity (Wildman–Crippen MR) is 54.3 cm³/mol. The first-order valence-corrected chi connectivity index (χ1v) is 4.87. The van der Waals surface area contributed by atoms with Crippen molar-refractivity contribution in [3.05, 3.63) is 0 Å². The summed E-state index contributed by atoms with van der Waals surface area (Å²) in [5, 5.41) is 0. The largest absolute Gasteiger partial charge is 0.465 e. The average Bonchev–Trinajstić information content (AvgIpc) is 2.10. The van der Waals surface area contributed by atoms with Crippen molar-refractivity contribution in [1.29, 1.82) is 0 Å². The van der Waals surface area contributed by atoms with Crippen LogP contribution in [0.4, 0.5) is 0 Å². The zero-order chi connectivity index (χ0) is 12.6. The Kier molecular flexibility index (Phi) is 6.74. The van der Waals surface area contributed by atoms with E-state index in [-0.39, 0.29) is 37.4 Å². The third-order valence-electron chi connectivity index (χ3n) is 1.63. The quantitative estimate of drug-likeness (QED) is 0.350. The van der Waals surface area contributed by atoms with Crippen LogP contribution in [0, 0.1) is 0 Å². The van der Waals surface area contributed by atoms with Gasteiger partial charge >= 0.3 is 5.97 Å². The molecule has 0 bridgehead atoms. The number of Topliss-reactive ketones (excluding diaryl/α,β-unsaturated/α-hetero) is 2. The van der Waals surface area contributed by atoms with Gasteiger partial charge in [-0.25, -0.2) is 0 Å². The molecule has 0 atom stereocenters. The van der Waals surface area contributed by atoms with Crippen LogP contribution in [-0.4, -0.2) is 30.0 Å². The van der Waals surface area contributed by atoms with Gasteiger partial charge in [0.05, 0.1) is 13.0 Å². The lowest BCUT2D eigenvalue weighted by Gasteiger charge is -2.02. The van der Waals surface area contributed by atoms with Crippen LogP contribution in [0.1, 0.15) is 32.6 Å². The van der Waals surface area contributed by atoms with E-state index < -0.39 is 11.9 Å². The van der Waals surface area contributed by atoms with E-state index >= 15 is 0 Å². The fourth-order valence-electron chi connectivity index (χ4n) is 0.992. The zero-order valence-corrected chi connectivity index (χ0v) is 9.15. The molecule has 16 heavy (non-hydrogen) atoms. The van der Waals surface area contributed by atoms with Gasteiger partial charge in [0.15, 0.2) is 0 Å². The molecule has 0 aliphatic carbocycles. The minimum atomic E-state index is -0.668. The molecule has 0 aromatic heterocycles. The summed E-state index contributed by atoms with van der Waals surface area (Å²) in [6.07, 6.45) is -0.0807. The van der Waals surface area contributed by atoms with Crippen molar-refractivity contribution >= 4 is 23.4 Å². The molecule has 0 saturated carbocycles. The van der Waals surface area contributed by atoms with Crippen molar-refractivity contribution in [3.63, 3.8) is 0 Å². The number of ketones is 2. The van der Waals surface area contributed by atoms with Crippen molar-refractivity contribution in [1.82, 2.24) is 0 Å². The average molecular weight is 229 g/mol. The minimum absolute atomic E-state index is 0.0661. The summed E-state index contributed by atoms with van der Waals surface area (Å²) in [6.45, 7) is 1.36. The van der Waals surface area contributed by atoms with Crippen molar-refractivity contribution in [2.75, 3.05) is 6.61 Å². The molecule has 0 radical (unpaired) electrons. The number of ether oxygens (including phenoxy) is 1. The van der Waals surface area contributed by atoms with Gasteiger partial charge < -0.3 is 10.5 Å². The number of hydrogen-bond donors (Lipinski definition) is 1. The van der Waals surface area contributed by atoms with Gasteiger partial charge in [0.2, 0.25) is 5.91 Å². The number of primary amides is 1. The zero-order valence-electron chi connectivity index (χ0n) is 9.15. The van der Waals surface area contributed by atoms with Crippen LogP contribution in [-0.2, 0) is 23.9 Å². The van der Waals surface area contributed by atoms with Gasteiger partial charge in [-0.3, -0.25) is 19.2 Å². The first kappa shape index (κ1) is 14.3. The topological polar surface area (TPSA) is 104 Å². The Morgan fingerprint density at radius 2 is 1.75 bits per heavy atom. The standard InChI is InChI=1S/C10H15NO5/c1-7(12)5-10(15)16-4-2-3-8(13)6-9(11)14/h2-6H2,1H3,(H2,11,14). The third-order valence-corrected chi connectivity index (χ3v) is 1.63. The summed E-state index contributed by atoms with van der Waals surface area (Å²) in [5.74, 6) is -1.82. The van der Waals surface area contributed by atoms with E-state index in [0.29, 0.717) is 6.42 Å². The number of nitrogens with two attached hydrogens (primary N) is 1. The Morgan fingerprint density at radius 1 is 1.12 bits per heavy atom. The molecule has 1 amide bonds. The van der Waals surface area contributed by atoms with Gasteiger partial charge in [-0.05, 0) is 13.3 Å².